The van der Waals surface area contributed by atoms with Gasteiger partial charge in [-0.1, -0.05) is 20.8 Å². The zero-order valence-corrected chi connectivity index (χ0v) is 12.4. The summed E-state index contributed by atoms with van der Waals surface area (Å²) in [5.41, 5.74) is 0.240. The van der Waals surface area contributed by atoms with Gasteiger partial charge in [0.15, 0.2) is 5.56 Å². The Kier molecular flexibility index (Phi) is 3.40. The minimum Gasteiger partial charge on any atom is -0.506 e. The van der Waals surface area contributed by atoms with Crippen LogP contribution in [-0.4, -0.2) is 20.7 Å². The molecule has 0 aromatic carbocycles. The van der Waals surface area contributed by atoms with Crippen molar-refractivity contribution in [3.8, 4) is 5.75 Å². The Balaban J connectivity index is 2.85. The summed E-state index contributed by atoms with van der Waals surface area (Å²) in [5, 5.41) is 19.5. The first-order valence-corrected chi connectivity index (χ1v) is 6.90. The molecule has 0 saturated heterocycles. The predicted octanol–water partition coefficient (Wildman–Crippen LogP) is 2.26. The standard InChI is InChI=1S/C15H21NO4/c1-5-8-10-9(6-7-15(8,2)3)16(4)13(18)11(12(10)17)14(19)20/h8,17H,5-7H2,1-4H3,(H,19,20). The number of carbonyl (C=O) groups is 1. The van der Waals surface area contributed by atoms with Gasteiger partial charge in [-0.05, 0) is 30.6 Å². The van der Waals surface area contributed by atoms with Crippen LogP contribution in [0, 0.1) is 5.41 Å². The van der Waals surface area contributed by atoms with E-state index in [4.69, 9.17) is 0 Å². The van der Waals surface area contributed by atoms with Gasteiger partial charge in [0, 0.05) is 18.3 Å². The molecule has 0 fully saturated rings. The second kappa shape index (κ2) is 4.65. The van der Waals surface area contributed by atoms with E-state index in [0.717, 1.165) is 18.5 Å². The fourth-order valence-corrected chi connectivity index (χ4v) is 3.47. The lowest BCUT2D eigenvalue weighted by Crippen LogP contribution is -2.35. The lowest BCUT2D eigenvalue weighted by Gasteiger charge is -2.40. The maximum atomic E-state index is 12.1. The summed E-state index contributed by atoms with van der Waals surface area (Å²) in [6.07, 6.45) is 2.39. The van der Waals surface area contributed by atoms with Gasteiger partial charge in [0.1, 0.15) is 5.75 Å². The Morgan fingerprint density at radius 3 is 2.55 bits per heavy atom. The van der Waals surface area contributed by atoms with Crippen molar-refractivity contribution >= 4 is 5.97 Å². The highest BCUT2D eigenvalue weighted by Gasteiger charge is 2.39. The topological polar surface area (TPSA) is 79.5 Å². The van der Waals surface area contributed by atoms with Crippen molar-refractivity contribution in [3.05, 3.63) is 27.2 Å². The van der Waals surface area contributed by atoms with Crippen molar-refractivity contribution in [1.29, 1.82) is 0 Å². The molecule has 1 aliphatic carbocycles. The molecule has 0 bridgehead atoms. The Labute approximate surface area is 117 Å². The highest BCUT2D eigenvalue weighted by Crippen LogP contribution is 2.49. The van der Waals surface area contributed by atoms with Gasteiger partial charge < -0.3 is 14.8 Å². The van der Waals surface area contributed by atoms with E-state index in [2.05, 4.69) is 13.8 Å². The van der Waals surface area contributed by atoms with Crippen LogP contribution in [0.2, 0.25) is 0 Å². The maximum absolute atomic E-state index is 12.1. The number of fused-ring (bicyclic) bond motifs is 1. The van der Waals surface area contributed by atoms with Crippen LogP contribution < -0.4 is 5.56 Å². The number of hydrogen-bond acceptors (Lipinski definition) is 3. The Morgan fingerprint density at radius 2 is 2.05 bits per heavy atom. The first kappa shape index (κ1) is 14.6. The van der Waals surface area contributed by atoms with Gasteiger partial charge in [-0.25, -0.2) is 4.79 Å². The highest BCUT2D eigenvalue weighted by molar-refractivity contribution is 5.91. The number of rotatable bonds is 2. The van der Waals surface area contributed by atoms with E-state index in [0.29, 0.717) is 12.0 Å². The Morgan fingerprint density at radius 1 is 1.45 bits per heavy atom. The third kappa shape index (κ3) is 1.92. The second-order valence-electron chi connectivity index (χ2n) is 6.20. The first-order valence-electron chi connectivity index (χ1n) is 6.90. The van der Waals surface area contributed by atoms with Gasteiger partial charge in [0.25, 0.3) is 5.56 Å². The third-order valence-corrected chi connectivity index (χ3v) is 4.65. The van der Waals surface area contributed by atoms with E-state index in [1.807, 2.05) is 6.92 Å². The molecular formula is C15H21NO4. The molecule has 2 N–H and O–H groups in total. The molecular weight excluding hydrogens is 258 g/mol. The van der Waals surface area contributed by atoms with Crippen LogP contribution in [0.1, 0.15) is 61.1 Å². The largest absolute Gasteiger partial charge is 0.506 e. The number of aromatic carboxylic acids is 1. The fourth-order valence-electron chi connectivity index (χ4n) is 3.47. The van der Waals surface area contributed by atoms with Gasteiger partial charge in [0.05, 0.1) is 0 Å². The van der Waals surface area contributed by atoms with E-state index < -0.39 is 17.1 Å². The van der Waals surface area contributed by atoms with E-state index in [9.17, 15) is 19.8 Å². The number of pyridine rings is 1. The summed E-state index contributed by atoms with van der Waals surface area (Å²) in [5.74, 6) is -1.66. The van der Waals surface area contributed by atoms with Crippen LogP contribution in [0.15, 0.2) is 4.79 Å². The SMILES string of the molecule is CCC1c2c(O)c(C(=O)O)c(=O)n(C)c2CCC1(C)C. The van der Waals surface area contributed by atoms with Crippen molar-refractivity contribution in [2.24, 2.45) is 12.5 Å². The number of aromatic nitrogens is 1. The van der Waals surface area contributed by atoms with Gasteiger partial charge in [-0.2, -0.15) is 0 Å². The summed E-state index contributed by atoms with van der Waals surface area (Å²) in [6.45, 7) is 6.26. The Hall–Kier alpha value is -1.78. The lowest BCUT2D eigenvalue weighted by atomic mass is 9.66. The molecule has 20 heavy (non-hydrogen) atoms. The van der Waals surface area contributed by atoms with E-state index in [1.165, 1.54) is 4.57 Å². The zero-order valence-electron chi connectivity index (χ0n) is 12.4. The van der Waals surface area contributed by atoms with Crippen molar-refractivity contribution in [1.82, 2.24) is 4.57 Å². The molecule has 0 spiro atoms. The molecule has 0 amide bonds. The molecule has 1 aromatic heterocycles. The number of nitrogens with zero attached hydrogens (tertiary/aromatic N) is 1. The molecule has 0 saturated carbocycles. The minimum atomic E-state index is -1.37. The predicted molar refractivity (Wildman–Crippen MR) is 75.4 cm³/mol. The summed E-state index contributed by atoms with van der Waals surface area (Å²) in [7, 11) is 1.58. The van der Waals surface area contributed by atoms with Crippen LogP contribution in [0.25, 0.3) is 0 Å². The summed E-state index contributed by atoms with van der Waals surface area (Å²) >= 11 is 0. The molecule has 2 rings (SSSR count). The molecule has 110 valence electrons. The Bertz CT molecular complexity index is 628. The minimum absolute atomic E-state index is 0.0214. The summed E-state index contributed by atoms with van der Waals surface area (Å²) < 4.78 is 1.39. The molecule has 1 heterocycles. The van der Waals surface area contributed by atoms with Crippen LogP contribution >= 0.6 is 0 Å². The molecule has 5 nitrogen and oxygen atoms in total. The quantitative estimate of drug-likeness (QED) is 0.870. The maximum Gasteiger partial charge on any atom is 0.345 e. The van der Waals surface area contributed by atoms with Gasteiger partial charge in [-0.15, -0.1) is 0 Å². The molecule has 0 aliphatic heterocycles. The molecule has 1 unspecified atom stereocenters. The lowest BCUT2D eigenvalue weighted by molar-refractivity contribution is 0.0689. The van der Waals surface area contributed by atoms with Crippen molar-refractivity contribution < 1.29 is 15.0 Å². The van der Waals surface area contributed by atoms with E-state index in [1.54, 1.807) is 7.05 Å². The van der Waals surface area contributed by atoms with Crippen LogP contribution in [0.5, 0.6) is 5.75 Å². The average molecular weight is 279 g/mol. The van der Waals surface area contributed by atoms with E-state index in [-0.39, 0.29) is 17.1 Å². The molecule has 1 aromatic rings. The van der Waals surface area contributed by atoms with Gasteiger partial charge in [-0.3, -0.25) is 4.79 Å². The van der Waals surface area contributed by atoms with Crippen LogP contribution in [0.4, 0.5) is 0 Å². The average Bonchev–Trinajstić information content (AvgIpc) is 2.34. The zero-order chi connectivity index (χ0) is 15.2. The smallest absolute Gasteiger partial charge is 0.345 e. The van der Waals surface area contributed by atoms with Gasteiger partial charge in [0.2, 0.25) is 0 Å². The molecule has 0 radical (unpaired) electrons. The normalized spacial score (nSPS) is 20.5. The fraction of sp³-hybridized carbons (Fsp3) is 0.600. The molecule has 5 heteroatoms. The number of aromatic hydroxyl groups is 1. The summed E-state index contributed by atoms with van der Waals surface area (Å²) in [4.78, 5) is 23.3. The monoisotopic (exact) mass is 279 g/mol. The van der Waals surface area contributed by atoms with Crippen molar-refractivity contribution in [2.45, 2.75) is 46.0 Å². The number of carboxylic acid groups (broad SMARTS) is 1. The van der Waals surface area contributed by atoms with Crippen molar-refractivity contribution in [2.75, 3.05) is 0 Å². The van der Waals surface area contributed by atoms with Gasteiger partial charge >= 0.3 is 5.97 Å². The van der Waals surface area contributed by atoms with Crippen LogP contribution in [-0.2, 0) is 13.5 Å². The summed E-state index contributed by atoms with van der Waals surface area (Å²) in [6, 6.07) is 0. The van der Waals surface area contributed by atoms with Crippen LogP contribution in [0.3, 0.4) is 0 Å². The molecule has 1 atom stereocenters. The second-order valence-corrected chi connectivity index (χ2v) is 6.20. The van der Waals surface area contributed by atoms with E-state index >= 15 is 0 Å². The highest BCUT2D eigenvalue weighted by atomic mass is 16.4. The first-order chi connectivity index (χ1) is 9.22. The number of hydrogen-bond donors (Lipinski definition) is 2. The van der Waals surface area contributed by atoms with Crippen molar-refractivity contribution in [3.63, 3.8) is 0 Å². The third-order valence-electron chi connectivity index (χ3n) is 4.65. The number of carboxylic acids is 1. The molecule has 1 aliphatic rings.